The number of esters is 4. The van der Waals surface area contributed by atoms with Crippen LogP contribution in [0, 0.1) is 0 Å². The molecule has 3 N–H and O–H groups in total. The number of unbranched alkanes of at least 4 members (excludes halogenated alkanes) is 22. The second-order valence-electron chi connectivity index (χ2n) is 26.9. The molecule has 5 unspecified atom stereocenters. The van der Waals surface area contributed by atoms with Gasteiger partial charge in [0, 0.05) is 25.7 Å². The molecule has 0 rings (SSSR count). The molecule has 0 radical (unpaired) electrons. The molecule has 0 spiro atoms. The Hall–Kier alpha value is -5.58. The normalized spacial score (nSPS) is 14.7. The second-order valence-corrected chi connectivity index (χ2v) is 29.8. The highest BCUT2D eigenvalue weighted by atomic mass is 31.2. The van der Waals surface area contributed by atoms with E-state index >= 15 is 0 Å². The third kappa shape index (κ3) is 78.5. The first kappa shape index (κ1) is 102. The van der Waals surface area contributed by atoms with E-state index < -0.39 is 97.5 Å². The monoisotopic (exact) mass is 1550 g/mol. The van der Waals surface area contributed by atoms with Gasteiger partial charge >= 0.3 is 39.5 Å². The first-order valence-corrected chi connectivity index (χ1v) is 44.4. The van der Waals surface area contributed by atoms with Crippen molar-refractivity contribution in [1.29, 1.82) is 0 Å². The van der Waals surface area contributed by atoms with E-state index in [0.29, 0.717) is 25.7 Å². The number of phosphoric acid groups is 2. The fraction of sp³-hybridized carbons (Fsp3) is 0.640. The Morgan fingerprint density at radius 2 is 0.481 bits per heavy atom. The fourth-order valence-electron chi connectivity index (χ4n) is 10.5. The molecule has 0 aliphatic heterocycles. The van der Waals surface area contributed by atoms with Gasteiger partial charge in [0.15, 0.2) is 12.2 Å². The highest BCUT2D eigenvalue weighted by Gasteiger charge is 2.30. The zero-order valence-electron chi connectivity index (χ0n) is 67.2. The smallest absolute Gasteiger partial charge is 0.462 e. The van der Waals surface area contributed by atoms with Gasteiger partial charge < -0.3 is 33.8 Å². The quantitative estimate of drug-likeness (QED) is 0.0169. The number of phosphoric ester groups is 2. The molecule has 0 amide bonds. The van der Waals surface area contributed by atoms with E-state index in [0.717, 1.165) is 180 Å². The Morgan fingerprint density at radius 3 is 0.750 bits per heavy atom. The second kappa shape index (κ2) is 79.5. The van der Waals surface area contributed by atoms with Crippen LogP contribution in [0.4, 0.5) is 0 Å². The van der Waals surface area contributed by atoms with Crippen molar-refractivity contribution in [2.24, 2.45) is 0 Å². The number of carbonyl (C=O) groups is 4. The lowest BCUT2D eigenvalue weighted by Gasteiger charge is -2.21. The summed E-state index contributed by atoms with van der Waals surface area (Å²) in [7, 11) is -10.0. The van der Waals surface area contributed by atoms with Crippen LogP contribution in [0.2, 0.25) is 0 Å². The van der Waals surface area contributed by atoms with Gasteiger partial charge in [0.1, 0.15) is 19.3 Å². The number of carbonyl (C=O) groups excluding carboxylic acids is 4. The minimum Gasteiger partial charge on any atom is -0.462 e. The first-order chi connectivity index (χ1) is 52.7. The van der Waals surface area contributed by atoms with E-state index in [1.165, 1.54) is 51.4 Å². The standard InChI is InChI=1S/C89H146O17P2/c1-5-9-13-17-21-25-29-33-36-39-41-44-47-51-54-58-62-66-70-74-87(92)100-80-85(106-89(94)76-72-68-64-60-56-52-48-45-42-40-37-34-30-26-22-18-14-10-6-2)82-104-108(97,98)102-78-83(90)77-101-107(95,96)103-81-84(105-88(93)75-71-67-63-59-55-49-32-28-24-20-16-12-8-4)79-99-86(91)73-69-65-61-57-53-50-46-43-38-35-31-27-23-19-15-11-7-3/h9-11,13-15,21-23,25-27,33-38,41-42,44-46,50-52,54,56,83-85,90H,5-8,12,16-20,24,28-32,39-40,43,47-49,53,55,57-82H2,1-4H3,(H,95,96)(H,97,98)/b13-9-,14-10-,15-11-,25-21-,26-22-,27-23-,36-33-,37-34-,38-35-,44-41-,45-42-,50-46-,54-51-,56-52-. The highest BCUT2D eigenvalue weighted by molar-refractivity contribution is 7.47. The zero-order valence-corrected chi connectivity index (χ0v) is 69.0. The summed E-state index contributed by atoms with van der Waals surface area (Å²) in [5.41, 5.74) is 0. The molecular weight excluding hydrogens is 1400 g/mol. The van der Waals surface area contributed by atoms with Crippen molar-refractivity contribution < 1.29 is 80.2 Å². The molecular formula is C89H146O17P2. The van der Waals surface area contributed by atoms with E-state index in [-0.39, 0.29) is 25.7 Å². The summed E-state index contributed by atoms with van der Waals surface area (Å²) in [6, 6.07) is 0. The number of ether oxygens (including phenoxy) is 4. The Kier molecular flexibility index (Phi) is 75.4. The van der Waals surface area contributed by atoms with Crippen molar-refractivity contribution >= 4 is 39.5 Å². The Morgan fingerprint density at radius 1 is 0.269 bits per heavy atom. The molecule has 0 aromatic carbocycles. The van der Waals surface area contributed by atoms with Crippen molar-refractivity contribution in [1.82, 2.24) is 0 Å². The molecule has 0 aromatic rings. The van der Waals surface area contributed by atoms with Gasteiger partial charge in [-0.1, -0.05) is 301 Å². The number of allylic oxidation sites excluding steroid dienone is 28. The molecule has 17 nitrogen and oxygen atoms in total. The van der Waals surface area contributed by atoms with Crippen molar-refractivity contribution in [3.05, 3.63) is 170 Å². The molecule has 19 heteroatoms. The largest absolute Gasteiger partial charge is 0.472 e. The van der Waals surface area contributed by atoms with Crippen LogP contribution in [0.1, 0.15) is 310 Å². The molecule has 0 saturated carbocycles. The predicted octanol–water partition coefficient (Wildman–Crippen LogP) is 24.6. The molecule has 5 atom stereocenters. The molecule has 0 fully saturated rings. The lowest BCUT2D eigenvalue weighted by molar-refractivity contribution is -0.161. The molecule has 0 bridgehead atoms. The van der Waals surface area contributed by atoms with E-state index in [9.17, 15) is 43.2 Å². The van der Waals surface area contributed by atoms with Crippen LogP contribution in [0.25, 0.3) is 0 Å². The molecule has 0 aliphatic rings. The lowest BCUT2D eigenvalue weighted by atomic mass is 10.0. The number of aliphatic hydroxyl groups is 1. The predicted molar refractivity (Wildman–Crippen MR) is 445 cm³/mol. The van der Waals surface area contributed by atoms with Crippen molar-refractivity contribution in [3.8, 4) is 0 Å². The van der Waals surface area contributed by atoms with Gasteiger partial charge in [-0.3, -0.25) is 37.3 Å². The van der Waals surface area contributed by atoms with Gasteiger partial charge in [0.2, 0.25) is 0 Å². The average molecular weight is 1550 g/mol. The van der Waals surface area contributed by atoms with E-state index in [2.05, 4.69) is 198 Å². The fourth-order valence-corrected chi connectivity index (χ4v) is 12.1. The summed E-state index contributed by atoms with van der Waals surface area (Å²) >= 11 is 0. The maximum absolute atomic E-state index is 13.1. The van der Waals surface area contributed by atoms with Gasteiger partial charge in [-0.15, -0.1) is 0 Å². The Bertz CT molecular complexity index is 2710. The van der Waals surface area contributed by atoms with Crippen LogP contribution in [0.15, 0.2) is 170 Å². The van der Waals surface area contributed by atoms with Crippen LogP contribution >= 0.6 is 15.6 Å². The SMILES string of the molecule is CC/C=C\C/C=C\C/C=C\C/C=C\C/C=C\CCCCCC(=O)OCC(COP(=O)(O)OCC(O)COP(=O)(O)OCC(COC(=O)CCCCCC/C=C\C/C=C\C/C=C\C/C=C\CC)OC(=O)CCCCCCCCCCCCCCC)OC(=O)CCCCC/C=C\C/C=C\C/C=C\C/C=C\C/C=C\CC. The van der Waals surface area contributed by atoms with Crippen LogP contribution in [0.5, 0.6) is 0 Å². The van der Waals surface area contributed by atoms with Crippen LogP contribution in [-0.4, -0.2) is 96.7 Å². The van der Waals surface area contributed by atoms with Gasteiger partial charge in [0.05, 0.1) is 26.4 Å². The number of aliphatic hydroxyl groups excluding tert-OH is 1. The third-order valence-corrected chi connectivity index (χ3v) is 18.6. The molecule has 108 heavy (non-hydrogen) atoms. The topological polar surface area (TPSA) is 237 Å². The van der Waals surface area contributed by atoms with E-state index in [4.69, 9.17) is 37.0 Å². The Balaban J connectivity index is 5.47. The Labute approximate surface area is 654 Å². The minimum absolute atomic E-state index is 0.0417. The van der Waals surface area contributed by atoms with Gasteiger partial charge in [-0.2, -0.15) is 0 Å². The number of rotatable bonds is 76. The molecule has 614 valence electrons. The van der Waals surface area contributed by atoms with Crippen molar-refractivity contribution in [2.75, 3.05) is 39.6 Å². The van der Waals surface area contributed by atoms with Crippen molar-refractivity contribution in [3.63, 3.8) is 0 Å². The van der Waals surface area contributed by atoms with E-state index in [1.54, 1.807) is 0 Å². The van der Waals surface area contributed by atoms with Gasteiger partial charge in [-0.05, 0) is 154 Å². The van der Waals surface area contributed by atoms with Gasteiger partial charge in [0.25, 0.3) is 0 Å². The maximum Gasteiger partial charge on any atom is 0.472 e. The summed E-state index contributed by atoms with van der Waals surface area (Å²) in [4.78, 5) is 73.2. The minimum atomic E-state index is -5.01. The average Bonchev–Trinajstić information content (AvgIpc) is 0.892. The highest BCUT2D eigenvalue weighted by Crippen LogP contribution is 2.45. The van der Waals surface area contributed by atoms with E-state index in [1.807, 2.05) is 0 Å². The van der Waals surface area contributed by atoms with Crippen LogP contribution < -0.4 is 0 Å². The van der Waals surface area contributed by atoms with Crippen molar-refractivity contribution in [2.45, 2.75) is 329 Å². The first-order valence-electron chi connectivity index (χ1n) is 41.4. The molecule has 0 aromatic heterocycles. The maximum atomic E-state index is 13.1. The zero-order chi connectivity index (χ0) is 78.9. The van der Waals surface area contributed by atoms with Gasteiger partial charge in [-0.25, -0.2) is 9.13 Å². The summed E-state index contributed by atoms with van der Waals surface area (Å²) < 4.78 is 68.7. The lowest BCUT2D eigenvalue weighted by Crippen LogP contribution is -2.30. The number of hydrogen-bond donors (Lipinski definition) is 3. The summed E-state index contributed by atoms with van der Waals surface area (Å²) in [5, 5.41) is 10.7. The summed E-state index contributed by atoms with van der Waals surface area (Å²) in [5.74, 6) is -2.28. The molecule has 0 heterocycles. The molecule has 0 aliphatic carbocycles. The van der Waals surface area contributed by atoms with Crippen LogP contribution in [-0.2, 0) is 65.4 Å². The number of hydrogen-bond acceptors (Lipinski definition) is 15. The summed E-state index contributed by atoms with van der Waals surface area (Å²) in [6.07, 6.45) is 94.6. The van der Waals surface area contributed by atoms with Crippen LogP contribution in [0.3, 0.4) is 0 Å². The summed E-state index contributed by atoms with van der Waals surface area (Å²) in [6.45, 7) is 4.44. The third-order valence-electron chi connectivity index (χ3n) is 16.7. The molecule has 0 saturated heterocycles.